The highest BCUT2D eigenvalue weighted by molar-refractivity contribution is 5.97. The standard InChI is InChI=1S/C20H16F3N5O2/c1-11(29)28-6-5-13(10-28)30-19-18(20(21,22)23)27-16(9-26-19)15-8-25-17-12(7-24)3-2-4-14(15)17/h2-4,8-9,13,25H,5-6,10H2,1H3. The first-order chi connectivity index (χ1) is 14.3. The summed E-state index contributed by atoms with van der Waals surface area (Å²) >= 11 is 0. The lowest BCUT2D eigenvalue weighted by molar-refractivity contribution is -0.143. The first kappa shape index (κ1) is 19.7. The molecule has 30 heavy (non-hydrogen) atoms. The Morgan fingerprint density at radius 2 is 2.20 bits per heavy atom. The van der Waals surface area contributed by atoms with Crippen LogP contribution in [-0.4, -0.2) is 45.0 Å². The molecule has 0 bridgehead atoms. The van der Waals surface area contributed by atoms with Crippen LogP contribution in [0.5, 0.6) is 5.88 Å². The second kappa shape index (κ2) is 7.33. The highest BCUT2D eigenvalue weighted by atomic mass is 19.4. The number of H-pyrrole nitrogens is 1. The van der Waals surface area contributed by atoms with Gasteiger partial charge in [0, 0.05) is 37.0 Å². The van der Waals surface area contributed by atoms with Crippen LogP contribution in [0.2, 0.25) is 0 Å². The van der Waals surface area contributed by atoms with Crippen molar-refractivity contribution in [2.75, 3.05) is 13.1 Å². The van der Waals surface area contributed by atoms with Gasteiger partial charge < -0.3 is 14.6 Å². The van der Waals surface area contributed by atoms with Crippen LogP contribution in [0.25, 0.3) is 22.2 Å². The second-order valence-electron chi connectivity index (χ2n) is 6.94. The number of carbonyl (C=O) groups excluding carboxylic acids is 1. The molecule has 1 aliphatic rings. The van der Waals surface area contributed by atoms with Crippen LogP contribution in [-0.2, 0) is 11.0 Å². The van der Waals surface area contributed by atoms with Gasteiger partial charge in [0.1, 0.15) is 12.2 Å². The third-order valence-corrected chi connectivity index (χ3v) is 4.99. The molecule has 1 saturated heterocycles. The van der Waals surface area contributed by atoms with E-state index >= 15 is 0 Å². The number of likely N-dealkylation sites (tertiary alicyclic amines) is 1. The summed E-state index contributed by atoms with van der Waals surface area (Å²) in [6.45, 7) is 2.02. The van der Waals surface area contributed by atoms with Crippen LogP contribution in [0.4, 0.5) is 13.2 Å². The summed E-state index contributed by atoms with van der Waals surface area (Å²) in [5, 5.41) is 9.77. The van der Waals surface area contributed by atoms with E-state index < -0.39 is 23.9 Å². The molecule has 0 spiro atoms. The number of hydrogen-bond donors (Lipinski definition) is 1. The molecule has 7 nitrogen and oxygen atoms in total. The van der Waals surface area contributed by atoms with Crippen molar-refractivity contribution in [1.29, 1.82) is 5.26 Å². The molecule has 0 saturated carbocycles. The maximum absolute atomic E-state index is 13.7. The summed E-state index contributed by atoms with van der Waals surface area (Å²) in [7, 11) is 0. The Balaban J connectivity index is 1.71. The van der Waals surface area contributed by atoms with Crippen LogP contribution in [0, 0.1) is 11.3 Å². The van der Waals surface area contributed by atoms with Gasteiger partial charge in [-0.05, 0) is 6.07 Å². The number of nitriles is 1. The van der Waals surface area contributed by atoms with Crippen LogP contribution in [0.15, 0.2) is 30.6 Å². The number of para-hydroxylation sites is 1. The fourth-order valence-electron chi connectivity index (χ4n) is 3.51. The maximum atomic E-state index is 13.7. The second-order valence-corrected chi connectivity index (χ2v) is 6.94. The lowest BCUT2D eigenvalue weighted by Crippen LogP contribution is -2.29. The lowest BCUT2D eigenvalue weighted by Gasteiger charge is -2.17. The predicted molar refractivity (Wildman–Crippen MR) is 100 cm³/mol. The molecule has 0 aliphatic carbocycles. The van der Waals surface area contributed by atoms with Gasteiger partial charge in [0.25, 0.3) is 0 Å². The largest absolute Gasteiger partial charge is 0.471 e. The molecular weight excluding hydrogens is 399 g/mol. The van der Waals surface area contributed by atoms with E-state index in [4.69, 9.17) is 4.74 Å². The molecule has 1 aliphatic heterocycles. The number of rotatable bonds is 3. The molecule has 2 aromatic heterocycles. The van der Waals surface area contributed by atoms with Crippen LogP contribution >= 0.6 is 0 Å². The highest BCUT2D eigenvalue weighted by Crippen LogP contribution is 2.37. The summed E-state index contributed by atoms with van der Waals surface area (Å²) in [6.07, 6.45) is -2.23. The number of ether oxygens (including phenoxy) is 1. The smallest absolute Gasteiger partial charge is 0.438 e. The Bertz CT molecular complexity index is 1170. The zero-order chi connectivity index (χ0) is 21.5. The summed E-state index contributed by atoms with van der Waals surface area (Å²) in [6, 6.07) is 6.98. The van der Waals surface area contributed by atoms with Gasteiger partial charge >= 0.3 is 6.18 Å². The minimum atomic E-state index is -4.78. The molecule has 1 fully saturated rings. The molecule has 1 N–H and O–H groups in total. The van der Waals surface area contributed by atoms with Crippen molar-refractivity contribution in [1.82, 2.24) is 19.9 Å². The monoisotopic (exact) mass is 415 g/mol. The van der Waals surface area contributed by atoms with Gasteiger partial charge in [0.05, 0.1) is 29.5 Å². The quantitative estimate of drug-likeness (QED) is 0.706. The van der Waals surface area contributed by atoms with E-state index in [9.17, 15) is 23.2 Å². The molecule has 3 heterocycles. The molecule has 3 aromatic rings. The van der Waals surface area contributed by atoms with Gasteiger partial charge in [-0.3, -0.25) is 4.79 Å². The molecule has 0 radical (unpaired) electrons. The van der Waals surface area contributed by atoms with Crippen molar-refractivity contribution in [2.45, 2.75) is 25.6 Å². The fourth-order valence-corrected chi connectivity index (χ4v) is 3.51. The van der Waals surface area contributed by atoms with E-state index in [0.29, 0.717) is 35.0 Å². The third kappa shape index (κ3) is 3.54. The zero-order valence-electron chi connectivity index (χ0n) is 15.8. The summed E-state index contributed by atoms with van der Waals surface area (Å²) < 4.78 is 46.5. The van der Waals surface area contributed by atoms with Gasteiger partial charge in [-0.1, -0.05) is 12.1 Å². The normalized spacial score (nSPS) is 16.6. The van der Waals surface area contributed by atoms with Crippen LogP contribution in [0.3, 0.4) is 0 Å². The average molecular weight is 415 g/mol. The first-order valence-electron chi connectivity index (χ1n) is 9.15. The predicted octanol–water partition coefficient (Wildman–Crippen LogP) is 3.51. The number of fused-ring (bicyclic) bond motifs is 1. The van der Waals surface area contributed by atoms with Crippen molar-refractivity contribution in [3.05, 3.63) is 41.9 Å². The Labute approximate surface area is 169 Å². The molecule has 1 aromatic carbocycles. The number of benzene rings is 1. The summed E-state index contributed by atoms with van der Waals surface area (Å²) in [5.41, 5.74) is 0.0649. The van der Waals surface area contributed by atoms with Crippen molar-refractivity contribution < 1.29 is 22.7 Å². The van der Waals surface area contributed by atoms with E-state index in [1.165, 1.54) is 24.2 Å². The van der Waals surface area contributed by atoms with Crippen molar-refractivity contribution in [3.8, 4) is 23.2 Å². The van der Waals surface area contributed by atoms with E-state index in [1.807, 2.05) is 6.07 Å². The minimum absolute atomic E-state index is 0.00722. The zero-order valence-corrected chi connectivity index (χ0v) is 15.8. The number of aromatic amines is 1. The first-order valence-corrected chi connectivity index (χ1v) is 9.15. The number of nitrogens with zero attached hydrogens (tertiary/aromatic N) is 4. The Kier molecular flexibility index (Phi) is 4.81. The molecule has 154 valence electrons. The molecule has 1 unspecified atom stereocenters. The third-order valence-electron chi connectivity index (χ3n) is 4.99. The van der Waals surface area contributed by atoms with Gasteiger partial charge in [0.15, 0.2) is 0 Å². The van der Waals surface area contributed by atoms with E-state index in [-0.39, 0.29) is 18.1 Å². The Morgan fingerprint density at radius 3 is 2.87 bits per heavy atom. The van der Waals surface area contributed by atoms with Gasteiger partial charge in [-0.2, -0.15) is 18.4 Å². The van der Waals surface area contributed by atoms with Crippen LogP contribution < -0.4 is 4.74 Å². The van der Waals surface area contributed by atoms with E-state index in [2.05, 4.69) is 15.0 Å². The molecular formula is C20H16F3N5O2. The number of nitrogens with one attached hydrogen (secondary N) is 1. The topological polar surface area (TPSA) is 94.9 Å². The molecule has 1 atom stereocenters. The highest BCUT2D eigenvalue weighted by Gasteiger charge is 2.39. The van der Waals surface area contributed by atoms with E-state index in [0.717, 1.165) is 0 Å². The average Bonchev–Trinajstić information content (AvgIpc) is 3.34. The number of hydrogen-bond acceptors (Lipinski definition) is 5. The molecule has 1 amide bonds. The van der Waals surface area contributed by atoms with Gasteiger partial charge in [-0.25, -0.2) is 9.97 Å². The SMILES string of the molecule is CC(=O)N1CCC(Oc2ncc(-c3c[nH]c4c(C#N)cccc34)nc2C(F)(F)F)C1. The van der Waals surface area contributed by atoms with Gasteiger partial charge in [-0.15, -0.1) is 0 Å². The fraction of sp³-hybridized carbons (Fsp3) is 0.300. The summed E-state index contributed by atoms with van der Waals surface area (Å²) in [4.78, 5) is 23.6. The van der Waals surface area contributed by atoms with Crippen molar-refractivity contribution >= 4 is 16.8 Å². The number of alkyl halides is 3. The molecule has 10 heteroatoms. The number of aromatic nitrogens is 3. The van der Waals surface area contributed by atoms with E-state index in [1.54, 1.807) is 18.2 Å². The van der Waals surface area contributed by atoms with Gasteiger partial charge in [0.2, 0.25) is 17.5 Å². The summed E-state index contributed by atoms with van der Waals surface area (Å²) in [5.74, 6) is -0.770. The van der Waals surface area contributed by atoms with Crippen LogP contribution in [0.1, 0.15) is 24.6 Å². The minimum Gasteiger partial charge on any atom is -0.471 e. The number of carbonyl (C=O) groups is 1. The number of amides is 1. The number of halogens is 3. The lowest BCUT2D eigenvalue weighted by atomic mass is 10.1. The van der Waals surface area contributed by atoms with Crippen molar-refractivity contribution in [3.63, 3.8) is 0 Å². The molecule has 4 rings (SSSR count). The Morgan fingerprint density at radius 1 is 1.40 bits per heavy atom. The van der Waals surface area contributed by atoms with Crippen molar-refractivity contribution in [2.24, 2.45) is 0 Å². The maximum Gasteiger partial charge on any atom is 0.438 e. The Hall–Kier alpha value is -3.61.